The Balaban J connectivity index is 4.24. The summed E-state index contributed by atoms with van der Waals surface area (Å²) in [4.78, 5) is 11.2. The van der Waals surface area contributed by atoms with E-state index >= 15 is 0 Å². The van der Waals surface area contributed by atoms with E-state index in [9.17, 15) is 9.36 Å². The van der Waals surface area contributed by atoms with Crippen molar-refractivity contribution in [3.63, 3.8) is 0 Å². The molecule has 80 valence electrons. The molecule has 0 aromatic rings. The smallest absolute Gasteiger partial charge is 0.312 e. The number of allylic oxidation sites excluding steroid dienone is 4. The van der Waals surface area contributed by atoms with Gasteiger partial charge in [0.1, 0.15) is 6.16 Å². The van der Waals surface area contributed by atoms with E-state index in [1.165, 1.54) is 20.3 Å². The maximum atomic E-state index is 11.5. The highest BCUT2D eigenvalue weighted by atomic mass is 31.2. The van der Waals surface area contributed by atoms with Gasteiger partial charge >= 0.3 is 7.60 Å². The van der Waals surface area contributed by atoms with Gasteiger partial charge in [-0.15, -0.1) is 0 Å². The van der Waals surface area contributed by atoms with E-state index in [1.54, 1.807) is 18.2 Å². The summed E-state index contributed by atoms with van der Waals surface area (Å²) < 4.78 is 20.7. The zero-order valence-corrected chi connectivity index (χ0v) is 9.49. The lowest BCUT2D eigenvalue weighted by Crippen LogP contribution is -2.04. The van der Waals surface area contributed by atoms with Crippen LogP contribution in [0.15, 0.2) is 24.3 Å². The zero-order chi connectivity index (χ0) is 11.0. The Kier molecular flexibility index (Phi) is 6.37. The molecule has 0 unspecified atom stereocenters. The Hall–Kier alpha value is -0.700. The Labute approximate surface area is 84.1 Å². The molecule has 0 saturated heterocycles. The normalized spacial score (nSPS) is 12.8. The maximum absolute atomic E-state index is 11.5. The molecule has 0 saturated carbocycles. The summed E-state index contributed by atoms with van der Waals surface area (Å²) in [6, 6.07) is 0. The molecule has 0 atom stereocenters. The minimum Gasteiger partial charge on any atom is -0.312 e. The van der Waals surface area contributed by atoms with Crippen molar-refractivity contribution in [1.82, 2.24) is 0 Å². The third-order valence-corrected chi connectivity index (χ3v) is 3.30. The van der Waals surface area contributed by atoms with E-state index in [2.05, 4.69) is 9.05 Å². The lowest BCUT2D eigenvalue weighted by molar-refractivity contribution is -0.112. The predicted octanol–water partition coefficient (Wildman–Crippen LogP) is 2.17. The van der Waals surface area contributed by atoms with Crippen molar-refractivity contribution in [1.29, 1.82) is 0 Å². The van der Waals surface area contributed by atoms with E-state index < -0.39 is 7.60 Å². The molecule has 0 aliphatic heterocycles. The van der Waals surface area contributed by atoms with Crippen LogP contribution in [0.25, 0.3) is 0 Å². The molecule has 0 aliphatic rings. The fourth-order valence-electron chi connectivity index (χ4n) is 0.721. The summed E-state index contributed by atoms with van der Waals surface area (Å²) in [5.74, 6) is -0.282. The van der Waals surface area contributed by atoms with Crippen LogP contribution >= 0.6 is 7.60 Å². The van der Waals surface area contributed by atoms with Crippen molar-refractivity contribution in [3.8, 4) is 0 Å². The summed E-state index contributed by atoms with van der Waals surface area (Å²) >= 11 is 0. The van der Waals surface area contributed by atoms with Crippen molar-refractivity contribution >= 4 is 13.4 Å². The topological polar surface area (TPSA) is 52.6 Å². The average molecular weight is 218 g/mol. The van der Waals surface area contributed by atoms with Crippen LogP contribution in [0.3, 0.4) is 0 Å². The Bertz CT molecular complexity index is 273. The maximum Gasteiger partial charge on any atom is 0.337 e. The van der Waals surface area contributed by atoms with Crippen LogP contribution < -0.4 is 0 Å². The van der Waals surface area contributed by atoms with Crippen LogP contribution in [-0.2, 0) is 18.4 Å². The molecule has 4 nitrogen and oxygen atoms in total. The second-order valence-electron chi connectivity index (χ2n) is 2.49. The fourth-order valence-corrected chi connectivity index (χ4v) is 1.62. The number of hydrogen-bond acceptors (Lipinski definition) is 4. The van der Waals surface area contributed by atoms with Crippen molar-refractivity contribution in [2.45, 2.75) is 6.92 Å². The van der Waals surface area contributed by atoms with Crippen LogP contribution in [0.5, 0.6) is 0 Å². The monoisotopic (exact) mass is 218 g/mol. The quantitative estimate of drug-likeness (QED) is 0.389. The van der Waals surface area contributed by atoms with Gasteiger partial charge in [0.25, 0.3) is 0 Å². The third-order valence-electron chi connectivity index (χ3n) is 1.49. The summed E-state index contributed by atoms with van der Waals surface area (Å²) in [6.07, 6.45) is 6.19. The number of carbonyl (C=O) groups is 1. The first-order valence-electron chi connectivity index (χ1n) is 4.10. The fraction of sp³-hybridized carbons (Fsp3) is 0.444. The van der Waals surface area contributed by atoms with Gasteiger partial charge in [-0.1, -0.05) is 18.2 Å². The van der Waals surface area contributed by atoms with E-state index in [4.69, 9.17) is 0 Å². The number of rotatable bonds is 6. The molecule has 0 amide bonds. The second-order valence-corrected chi connectivity index (χ2v) is 4.75. The summed E-state index contributed by atoms with van der Waals surface area (Å²) in [5, 5.41) is 0. The second kappa shape index (κ2) is 6.71. The van der Waals surface area contributed by atoms with Gasteiger partial charge in [0.15, 0.2) is 5.78 Å². The van der Waals surface area contributed by atoms with Gasteiger partial charge in [0.2, 0.25) is 0 Å². The molecule has 0 heterocycles. The Morgan fingerprint density at radius 1 is 1.29 bits per heavy atom. The molecule has 14 heavy (non-hydrogen) atoms. The highest BCUT2D eigenvalue weighted by Gasteiger charge is 2.23. The highest BCUT2D eigenvalue weighted by Crippen LogP contribution is 2.45. The average Bonchev–Trinajstić information content (AvgIpc) is 2.18. The Morgan fingerprint density at radius 3 is 2.29 bits per heavy atom. The van der Waals surface area contributed by atoms with Crippen LogP contribution in [0, 0.1) is 0 Å². The molecular weight excluding hydrogens is 203 g/mol. The van der Waals surface area contributed by atoms with Crippen LogP contribution in [-0.4, -0.2) is 26.2 Å². The van der Waals surface area contributed by atoms with Crippen molar-refractivity contribution in [3.05, 3.63) is 24.3 Å². The van der Waals surface area contributed by atoms with Gasteiger partial charge in [-0.05, 0) is 13.0 Å². The summed E-state index contributed by atoms with van der Waals surface area (Å²) in [6.45, 7) is 1.84. The largest absolute Gasteiger partial charge is 0.337 e. The van der Waals surface area contributed by atoms with Crippen molar-refractivity contribution < 1.29 is 18.4 Å². The molecule has 0 aromatic carbocycles. The molecule has 0 rings (SSSR count). The van der Waals surface area contributed by atoms with E-state index in [-0.39, 0.29) is 11.9 Å². The third kappa shape index (κ3) is 5.12. The van der Waals surface area contributed by atoms with Crippen LogP contribution in [0.1, 0.15) is 6.92 Å². The molecule has 0 N–H and O–H groups in total. The molecule has 0 radical (unpaired) electrons. The molecular formula is C9H15O4P. The van der Waals surface area contributed by atoms with Gasteiger partial charge in [-0.2, -0.15) is 0 Å². The Morgan fingerprint density at radius 2 is 1.86 bits per heavy atom. The van der Waals surface area contributed by atoms with Crippen LogP contribution in [0.2, 0.25) is 0 Å². The predicted molar refractivity (Wildman–Crippen MR) is 55.5 cm³/mol. The molecule has 0 fully saturated rings. The van der Waals surface area contributed by atoms with E-state index in [1.807, 2.05) is 6.92 Å². The van der Waals surface area contributed by atoms with Crippen LogP contribution in [0.4, 0.5) is 0 Å². The van der Waals surface area contributed by atoms with Gasteiger partial charge in [-0.25, -0.2) is 0 Å². The van der Waals surface area contributed by atoms with E-state index in [0.29, 0.717) is 0 Å². The minimum atomic E-state index is -3.21. The van der Waals surface area contributed by atoms with Gasteiger partial charge < -0.3 is 9.05 Å². The zero-order valence-electron chi connectivity index (χ0n) is 8.60. The molecule has 0 spiro atoms. The summed E-state index contributed by atoms with van der Waals surface area (Å²) in [5.41, 5.74) is 0. The molecule has 0 aromatic heterocycles. The number of carbonyl (C=O) groups excluding carboxylic acids is 1. The SMILES string of the molecule is C/C=C/C=C/C(=O)CP(=O)(OC)OC. The first kappa shape index (κ1) is 13.3. The lowest BCUT2D eigenvalue weighted by atomic mass is 10.4. The first-order valence-corrected chi connectivity index (χ1v) is 5.83. The van der Waals surface area contributed by atoms with Gasteiger partial charge in [0.05, 0.1) is 0 Å². The first-order chi connectivity index (χ1) is 6.58. The molecule has 5 heteroatoms. The van der Waals surface area contributed by atoms with Crippen molar-refractivity contribution in [2.24, 2.45) is 0 Å². The number of ketones is 1. The summed E-state index contributed by atoms with van der Waals surface area (Å²) in [7, 11) is -0.696. The number of hydrogen-bond donors (Lipinski definition) is 0. The van der Waals surface area contributed by atoms with Gasteiger partial charge in [-0.3, -0.25) is 9.36 Å². The standard InChI is InChI=1S/C9H15O4P/c1-4-5-6-7-9(10)8-14(11,12-2)13-3/h4-7H,8H2,1-3H3/b5-4+,7-6+. The van der Waals surface area contributed by atoms with Gasteiger partial charge in [0, 0.05) is 14.2 Å². The highest BCUT2D eigenvalue weighted by molar-refractivity contribution is 7.54. The van der Waals surface area contributed by atoms with E-state index in [0.717, 1.165) is 0 Å². The molecule has 0 aliphatic carbocycles. The lowest BCUT2D eigenvalue weighted by Gasteiger charge is -2.10. The molecule has 0 bridgehead atoms. The van der Waals surface area contributed by atoms with Crippen molar-refractivity contribution in [2.75, 3.05) is 20.4 Å². The minimum absolute atomic E-state index is 0.228.